The molecule has 0 radical (unpaired) electrons. The molecule has 0 unspecified atom stereocenters. The van der Waals surface area contributed by atoms with Crippen molar-refractivity contribution in [2.75, 3.05) is 0 Å². The third-order valence-corrected chi connectivity index (χ3v) is 0. The van der Waals surface area contributed by atoms with E-state index in [1.165, 1.54) is 0 Å². The van der Waals surface area contributed by atoms with Gasteiger partial charge in [0.15, 0.2) is 0 Å². The van der Waals surface area contributed by atoms with Crippen molar-refractivity contribution in [3.8, 4) is 0 Å². The minimum absolute atomic E-state index is 0. The van der Waals surface area contributed by atoms with Crippen LogP contribution in [0.25, 0.3) is 0 Å². The van der Waals surface area contributed by atoms with Crippen molar-refractivity contribution in [3.63, 3.8) is 0 Å². The van der Waals surface area contributed by atoms with Gasteiger partial charge in [-0.05, 0) is 0 Å². The van der Waals surface area contributed by atoms with Crippen LogP contribution in [-0.4, -0.2) is 52.6 Å². The number of hydrogen-bond donors (Lipinski definition) is 0. The van der Waals surface area contributed by atoms with Gasteiger partial charge in [0.05, 0.1) is 0 Å². The molecular formula is MoNiO12S3. The summed E-state index contributed by atoms with van der Waals surface area (Å²) in [6.07, 6.45) is 0. The molecule has 0 saturated carbocycles. The second kappa shape index (κ2) is 11.9. The molecule has 0 aliphatic carbocycles. The predicted molar refractivity (Wildman–Crippen MR) is 31.4 cm³/mol. The van der Waals surface area contributed by atoms with Crippen LogP contribution in [0.2, 0.25) is 0 Å². The second-order valence-corrected chi connectivity index (χ2v) is 3.67. The van der Waals surface area contributed by atoms with E-state index in [9.17, 15) is 0 Å². The molecule has 0 rings (SSSR count). The fourth-order valence-electron chi connectivity index (χ4n) is 0. The van der Waals surface area contributed by atoms with Crippen molar-refractivity contribution in [1.82, 2.24) is 0 Å². The third kappa shape index (κ3) is 5860. The molecule has 0 aliphatic heterocycles. The van der Waals surface area contributed by atoms with Gasteiger partial charge < -0.3 is 27.3 Å². The Balaban J connectivity index is -0.0000000400. The molecule has 17 heteroatoms. The molecule has 0 amide bonds. The normalized spacial score (nSPS) is 10.2. The SMILES string of the molecule is O=S(=O)([O-])[O-].O=S(=O)([O-])[O-].O=S(=O)([O-])[O-].[Mo+4].[Ni+2]. The van der Waals surface area contributed by atoms with E-state index in [2.05, 4.69) is 0 Å². The molecule has 0 aromatic rings. The zero-order chi connectivity index (χ0) is 13.5. The molecule has 0 aliphatic rings. The Morgan fingerprint density at radius 2 is 0.471 bits per heavy atom. The Morgan fingerprint density at radius 1 is 0.471 bits per heavy atom. The quantitative estimate of drug-likeness (QED) is 0.198. The minimum atomic E-state index is -5.17. The van der Waals surface area contributed by atoms with E-state index < -0.39 is 31.2 Å². The van der Waals surface area contributed by atoms with Crippen LogP contribution in [0.3, 0.4) is 0 Å². The van der Waals surface area contributed by atoms with Gasteiger partial charge in [-0.2, -0.15) is 0 Å². The van der Waals surface area contributed by atoms with Gasteiger partial charge in [0, 0.05) is 31.2 Å². The van der Waals surface area contributed by atoms with Gasteiger partial charge >= 0.3 is 37.6 Å². The first kappa shape index (κ1) is 30.7. The maximum Gasteiger partial charge on any atom is 4.00 e. The van der Waals surface area contributed by atoms with E-state index in [-0.39, 0.29) is 37.6 Å². The smallest absolute Gasteiger partial charge is 0.759 e. The van der Waals surface area contributed by atoms with Crippen LogP contribution in [0.5, 0.6) is 0 Å². The zero-order valence-electron chi connectivity index (χ0n) is 6.85. The zero-order valence-corrected chi connectivity index (χ0v) is 12.3. The summed E-state index contributed by atoms with van der Waals surface area (Å²) in [4.78, 5) is 0. The molecule has 0 aromatic carbocycles. The van der Waals surface area contributed by atoms with E-state index >= 15 is 0 Å². The molecule has 0 N–H and O–H groups in total. The Kier molecular flexibility index (Phi) is 21.4. The van der Waals surface area contributed by atoms with Gasteiger partial charge in [-0.25, -0.2) is 0 Å². The number of hydrogen-bond acceptors (Lipinski definition) is 12. The summed E-state index contributed by atoms with van der Waals surface area (Å²) >= 11 is 0. The molecule has 0 fully saturated rings. The van der Waals surface area contributed by atoms with Crippen LogP contribution in [0.1, 0.15) is 0 Å². The summed E-state index contributed by atoms with van der Waals surface area (Å²) in [5, 5.41) is 0. The maximum absolute atomic E-state index is 8.52. The van der Waals surface area contributed by atoms with E-state index in [0.717, 1.165) is 0 Å². The summed E-state index contributed by atoms with van der Waals surface area (Å²) in [5.41, 5.74) is 0. The summed E-state index contributed by atoms with van der Waals surface area (Å²) in [5.74, 6) is 0. The molecule has 0 saturated heterocycles. The van der Waals surface area contributed by atoms with Crippen molar-refractivity contribution in [2.45, 2.75) is 0 Å². The predicted octanol–water partition coefficient (Wildman–Crippen LogP) is -4.02. The summed E-state index contributed by atoms with van der Waals surface area (Å²) < 4.78 is 102. The molecule has 0 heterocycles. The molecule has 0 spiro atoms. The fraction of sp³-hybridized carbons (Fsp3) is 0. The first-order chi connectivity index (χ1) is 6.00. The van der Waals surface area contributed by atoms with Crippen LogP contribution in [-0.2, 0) is 68.8 Å². The van der Waals surface area contributed by atoms with E-state index in [4.69, 9.17) is 52.6 Å². The Labute approximate surface area is 121 Å². The monoisotopic (exact) mass is 444 g/mol. The molecular weight excluding hydrogens is 443 g/mol. The number of rotatable bonds is 0. The van der Waals surface area contributed by atoms with Crippen LogP contribution in [0.4, 0.5) is 0 Å². The van der Waals surface area contributed by atoms with Crippen LogP contribution < -0.4 is 0 Å². The topological polar surface area (TPSA) is 241 Å². The van der Waals surface area contributed by atoms with E-state index in [1.807, 2.05) is 0 Å². The van der Waals surface area contributed by atoms with Crippen molar-refractivity contribution >= 4 is 31.2 Å². The third-order valence-electron chi connectivity index (χ3n) is 0. The van der Waals surface area contributed by atoms with E-state index in [1.54, 1.807) is 0 Å². The maximum atomic E-state index is 8.52. The molecule has 106 valence electrons. The Bertz CT molecular complexity index is 343. The summed E-state index contributed by atoms with van der Waals surface area (Å²) in [7, 11) is -15.5. The summed E-state index contributed by atoms with van der Waals surface area (Å²) in [6.45, 7) is 0. The van der Waals surface area contributed by atoms with E-state index in [0.29, 0.717) is 0 Å². The van der Waals surface area contributed by atoms with Crippen molar-refractivity contribution in [2.24, 2.45) is 0 Å². The molecule has 0 bridgehead atoms. The van der Waals surface area contributed by atoms with Crippen LogP contribution >= 0.6 is 0 Å². The van der Waals surface area contributed by atoms with Crippen LogP contribution in [0.15, 0.2) is 0 Å². The fourth-order valence-corrected chi connectivity index (χ4v) is 0. The van der Waals surface area contributed by atoms with Gasteiger partial charge in [-0.15, -0.1) is 0 Å². The largest absolute Gasteiger partial charge is 4.00 e. The first-order valence-electron chi connectivity index (χ1n) is 2.00. The van der Waals surface area contributed by atoms with Gasteiger partial charge in [0.25, 0.3) is 0 Å². The molecule has 0 aromatic heterocycles. The molecule has 17 heavy (non-hydrogen) atoms. The summed E-state index contributed by atoms with van der Waals surface area (Å²) in [6, 6.07) is 0. The van der Waals surface area contributed by atoms with Crippen molar-refractivity contribution in [3.05, 3.63) is 0 Å². The minimum Gasteiger partial charge on any atom is -0.759 e. The Morgan fingerprint density at radius 3 is 0.471 bits per heavy atom. The Hall–Kier alpha value is 0.792. The second-order valence-electron chi connectivity index (χ2n) is 1.22. The van der Waals surface area contributed by atoms with Crippen molar-refractivity contribution < 1.29 is 90.1 Å². The average molecular weight is 443 g/mol. The molecule has 0 atom stereocenters. The van der Waals surface area contributed by atoms with Gasteiger partial charge in [0.2, 0.25) is 0 Å². The van der Waals surface area contributed by atoms with Gasteiger partial charge in [0.1, 0.15) is 0 Å². The molecule has 12 nitrogen and oxygen atoms in total. The van der Waals surface area contributed by atoms with Crippen LogP contribution in [0, 0.1) is 0 Å². The van der Waals surface area contributed by atoms with Gasteiger partial charge in [-0.3, -0.25) is 25.3 Å². The average Bonchev–Trinajstić information content (AvgIpc) is 1.41. The first-order valence-corrected chi connectivity index (χ1v) is 6.00. The van der Waals surface area contributed by atoms with Gasteiger partial charge in [-0.1, -0.05) is 0 Å². The van der Waals surface area contributed by atoms with Crippen molar-refractivity contribution in [1.29, 1.82) is 0 Å². The standard InChI is InChI=1S/Mo.Ni.3H2O4S/c;;3*1-5(2,3)4/h;;3*(H2,1,2,3,4)/q+4;+2;;;/p-6.